The normalized spacial score (nSPS) is 17.5. The van der Waals surface area contributed by atoms with Crippen molar-refractivity contribution in [1.29, 1.82) is 0 Å². The van der Waals surface area contributed by atoms with Crippen LogP contribution in [0.4, 0.5) is 0 Å². The number of morpholine rings is 1. The summed E-state index contributed by atoms with van der Waals surface area (Å²) in [7, 11) is 0. The van der Waals surface area contributed by atoms with E-state index < -0.39 is 0 Å². The van der Waals surface area contributed by atoms with Crippen molar-refractivity contribution >= 4 is 41.6 Å². The van der Waals surface area contributed by atoms with Gasteiger partial charge in [0, 0.05) is 25.0 Å². The molecule has 2 heterocycles. The van der Waals surface area contributed by atoms with Gasteiger partial charge in [-0.25, -0.2) is 4.98 Å². The van der Waals surface area contributed by atoms with Crippen molar-refractivity contribution < 1.29 is 9.53 Å². The van der Waals surface area contributed by atoms with E-state index in [1.165, 1.54) is 0 Å². The largest absolute Gasteiger partial charge is 0.373 e. The smallest absolute Gasteiger partial charge is 0.272 e. The Labute approximate surface area is 141 Å². The van der Waals surface area contributed by atoms with Crippen LogP contribution in [0.25, 0.3) is 10.9 Å². The number of hydrogen-bond acceptors (Lipinski definition) is 4. The van der Waals surface area contributed by atoms with Gasteiger partial charge < -0.3 is 15.4 Å². The van der Waals surface area contributed by atoms with Crippen LogP contribution in [0, 0.1) is 0 Å². The van der Waals surface area contributed by atoms with Gasteiger partial charge >= 0.3 is 0 Å². The van der Waals surface area contributed by atoms with Crippen LogP contribution in [0.5, 0.6) is 0 Å². The lowest BCUT2D eigenvalue weighted by atomic mass is 10.2. The molecular weight excluding hydrogens is 325 g/mol. The van der Waals surface area contributed by atoms with Crippen molar-refractivity contribution in [2.75, 3.05) is 26.2 Å². The number of aromatic nitrogens is 1. The van der Waals surface area contributed by atoms with E-state index in [-0.39, 0.29) is 36.8 Å². The van der Waals surface area contributed by atoms with E-state index >= 15 is 0 Å². The van der Waals surface area contributed by atoms with Crippen molar-refractivity contribution in [3.63, 3.8) is 0 Å². The number of carbonyl (C=O) groups is 1. The molecule has 1 fully saturated rings. The van der Waals surface area contributed by atoms with Crippen LogP contribution in [0.2, 0.25) is 0 Å². The molecule has 0 saturated carbocycles. The van der Waals surface area contributed by atoms with Gasteiger partial charge in [-0.05, 0) is 12.1 Å². The predicted octanol–water partition coefficient (Wildman–Crippen LogP) is 1.88. The SMILES string of the molecule is Cl.Cl.NCC1CN(C(=O)c2ccc3ccccc3n2)CCO1. The van der Waals surface area contributed by atoms with Crippen LogP contribution in [-0.2, 0) is 4.74 Å². The van der Waals surface area contributed by atoms with Crippen molar-refractivity contribution in [2.24, 2.45) is 5.73 Å². The molecule has 1 aliphatic rings. The molecule has 1 amide bonds. The first-order valence-electron chi connectivity index (χ1n) is 6.74. The topological polar surface area (TPSA) is 68.5 Å². The molecule has 0 radical (unpaired) electrons. The van der Waals surface area contributed by atoms with E-state index in [1.54, 1.807) is 11.0 Å². The molecule has 7 heteroatoms. The zero-order valence-corrected chi connectivity index (χ0v) is 13.6. The standard InChI is InChI=1S/C15H17N3O2.2ClH/c16-9-12-10-18(7-8-20-12)15(19)14-6-5-11-3-1-2-4-13(11)17-14;;/h1-6,12H,7-10,16H2;2*1H. The first-order chi connectivity index (χ1) is 9.78. The summed E-state index contributed by atoms with van der Waals surface area (Å²) in [4.78, 5) is 18.7. The summed E-state index contributed by atoms with van der Waals surface area (Å²) in [5, 5.41) is 1.03. The molecule has 1 saturated heterocycles. The molecule has 22 heavy (non-hydrogen) atoms. The molecule has 0 bridgehead atoms. The zero-order valence-electron chi connectivity index (χ0n) is 12.0. The minimum absolute atomic E-state index is 0. The molecule has 1 atom stereocenters. The molecule has 5 nitrogen and oxygen atoms in total. The maximum atomic E-state index is 12.5. The maximum Gasteiger partial charge on any atom is 0.272 e. The number of pyridine rings is 1. The van der Waals surface area contributed by atoms with Crippen molar-refractivity contribution in [2.45, 2.75) is 6.10 Å². The molecule has 3 rings (SSSR count). The highest BCUT2D eigenvalue weighted by Crippen LogP contribution is 2.14. The summed E-state index contributed by atoms with van der Waals surface area (Å²) in [6, 6.07) is 11.5. The Hall–Kier alpha value is -1.40. The Kier molecular flexibility index (Phi) is 7.03. The molecule has 1 aromatic carbocycles. The number of halogens is 2. The zero-order chi connectivity index (χ0) is 13.9. The van der Waals surface area contributed by atoms with Crippen molar-refractivity contribution in [1.82, 2.24) is 9.88 Å². The van der Waals surface area contributed by atoms with E-state index in [2.05, 4.69) is 4.98 Å². The fourth-order valence-corrected chi connectivity index (χ4v) is 2.39. The Morgan fingerprint density at radius 1 is 1.27 bits per heavy atom. The van der Waals surface area contributed by atoms with E-state index in [9.17, 15) is 4.79 Å². The average Bonchev–Trinajstić information content (AvgIpc) is 2.53. The molecule has 120 valence electrons. The molecule has 1 aliphatic heterocycles. The number of para-hydroxylation sites is 1. The fraction of sp³-hybridized carbons (Fsp3) is 0.333. The van der Waals surface area contributed by atoms with Crippen LogP contribution in [-0.4, -0.2) is 48.1 Å². The number of amides is 1. The molecule has 1 unspecified atom stereocenters. The highest BCUT2D eigenvalue weighted by atomic mass is 35.5. The number of benzene rings is 1. The molecule has 2 aromatic rings. The minimum atomic E-state index is -0.0758. The number of carbonyl (C=O) groups excluding carboxylic acids is 1. The lowest BCUT2D eigenvalue weighted by molar-refractivity contribution is -0.0169. The van der Waals surface area contributed by atoms with Crippen LogP contribution < -0.4 is 5.73 Å². The third-order valence-corrected chi connectivity index (χ3v) is 3.51. The van der Waals surface area contributed by atoms with Gasteiger partial charge in [-0.2, -0.15) is 0 Å². The maximum absolute atomic E-state index is 12.5. The van der Waals surface area contributed by atoms with Crippen LogP contribution >= 0.6 is 24.8 Å². The van der Waals surface area contributed by atoms with Gasteiger partial charge in [-0.1, -0.05) is 24.3 Å². The summed E-state index contributed by atoms with van der Waals surface area (Å²) in [5.74, 6) is -0.0579. The fourth-order valence-electron chi connectivity index (χ4n) is 2.39. The molecule has 1 aromatic heterocycles. The first-order valence-corrected chi connectivity index (χ1v) is 6.74. The molecule has 2 N–H and O–H groups in total. The lowest BCUT2D eigenvalue weighted by Gasteiger charge is -2.32. The predicted molar refractivity (Wildman–Crippen MR) is 90.9 cm³/mol. The van der Waals surface area contributed by atoms with Gasteiger partial charge in [0.25, 0.3) is 5.91 Å². The van der Waals surface area contributed by atoms with Crippen LogP contribution in [0.15, 0.2) is 36.4 Å². The quantitative estimate of drug-likeness (QED) is 0.903. The summed E-state index contributed by atoms with van der Waals surface area (Å²) in [5.41, 5.74) is 6.91. The minimum Gasteiger partial charge on any atom is -0.373 e. The van der Waals surface area contributed by atoms with Crippen molar-refractivity contribution in [3.05, 3.63) is 42.1 Å². The second-order valence-corrected chi connectivity index (χ2v) is 4.87. The number of fused-ring (bicyclic) bond motifs is 1. The highest BCUT2D eigenvalue weighted by molar-refractivity contribution is 5.95. The summed E-state index contributed by atoms with van der Waals surface area (Å²) in [6.07, 6.45) is -0.0758. The summed E-state index contributed by atoms with van der Waals surface area (Å²) in [6.45, 7) is 2.07. The second-order valence-electron chi connectivity index (χ2n) is 4.87. The Morgan fingerprint density at radius 3 is 2.82 bits per heavy atom. The lowest BCUT2D eigenvalue weighted by Crippen LogP contribution is -2.48. The van der Waals surface area contributed by atoms with Gasteiger partial charge in [0.1, 0.15) is 5.69 Å². The molecular formula is C15H19Cl2N3O2. The number of nitrogens with zero attached hydrogens (tertiary/aromatic N) is 2. The van der Waals surface area contributed by atoms with Crippen LogP contribution in [0.3, 0.4) is 0 Å². The van der Waals surface area contributed by atoms with E-state index in [0.29, 0.717) is 31.9 Å². The third-order valence-electron chi connectivity index (χ3n) is 3.51. The van der Waals surface area contributed by atoms with E-state index in [0.717, 1.165) is 10.9 Å². The van der Waals surface area contributed by atoms with Gasteiger partial charge in [0.05, 0.1) is 18.2 Å². The highest BCUT2D eigenvalue weighted by Gasteiger charge is 2.24. The monoisotopic (exact) mass is 343 g/mol. The number of nitrogens with two attached hydrogens (primary N) is 1. The van der Waals surface area contributed by atoms with E-state index in [1.807, 2.05) is 30.3 Å². The summed E-state index contributed by atoms with van der Waals surface area (Å²) < 4.78 is 5.47. The number of rotatable bonds is 2. The average molecular weight is 344 g/mol. The number of ether oxygens (including phenoxy) is 1. The first kappa shape index (κ1) is 18.6. The number of hydrogen-bond donors (Lipinski definition) is 1. The van der Waals surface area contributed by atoms with Crippen LogP contribution in [0.1, 0.15) is 10.5 Å². The Bertz CT molecular complexity index is 639. The summed E-state index contributed by atoms with van der Waals surface area (Å²) >= 11 is 0. The van der Waals surface area contributed by atoms with Crippen molar-refractivity contribution in [3.8, 4) is 0 Å². The van der Waals surface area contributed by atoms with Gasteiger partial charge in [0.15, 0.2) is 0 Å². The van der Waals surface area contributed by atoms with Gasteiger partial charge in [0.2, 0.25) is 0 Å². The molecule has 0 spiro atoms. The molecule has 0 aliphatic carbocycles. The van der Waals surface area contributed by atoms with Gasteiger partial charge in [-0.15, -0.1) is 24.8 Å². The Balaban J connectivity index is 0.00000121. The Morgan fingerprint density at radius 2 is 2.05 bits per heavy atom. The van der Waals surface area contributed by atoms with E-state index in [4.69, 9.17) is 10.5 Å². The second kappa shape index (κ2) is 8.29. The van der Waals surface area contributed by atoms with Gasteiger partial charge in [-0.3, -0.25) is 4.79 Å². The third kappa shape index (κ3) is 3.87.